The van der Waals surface area contributed by atoms with Gasteiger partial charge in [-0.15, -0.1) is 0 Å². The van der Waals surface area contributed by atoms with Crippen LogP contribution >= 0.6 is 0 Å². The Balaban J connectivity index is 1.60. The van der Waals surface area contributed by atoms with Crippen molar-refractivity contribution in [2.75, 3.05) is 18.5 Å². The molecule has 8 nitrogen and oxygen atoms in total. The summed E-state index contributed by atoms with van der Waals surface area (Å²) in [7, 11) is 0. The molecule has 0 heterocycles. The van der Waals surface area contributed by atoms with Gasteiger partial charge in [0.05, 0.1) is 18.8 Å². The van der Waals surface area contributed by atoms with E-state index >= 15 is 0 Å². The molecular formula is C26H35N3O5. The number of esters is 1. The molecule has 1 aliphatic rings. The number of carbonyl (C=O) groups is 1. The van der Waals surface area contributed by atoms with Crippen molar-refractivity contribution in [2.24, 2.45) is 5.73 Å². The highest BCUT2D eigenvalue weighted by Crippen LogP contribution is 2.25. The highest BCUT2D eigenvalue weighted by atomic mass is 16.5. The third-order valence-electron chi connectivity index (χ3n) is 5.78. The van der Waals surface area contributed by atoms with Crippen LogP contribution in [0.25, 0.3) is 0 Å². The third-order valence-corrected chi connectivity index (χ3v) is 5.78. The number of guanidine groups is 1. The van der Waals surface area contributed by atoms with E-state index in [1.807, 2.05) is 30.3 Å². The molecule has 2 atom stereocenters. The Morgan fingerprint density at radius 3 is 2.53 bits per heavy atom. The number of ether oxygens (including phenoxy) is 3. The molecule has 2 aromatic rings. The number of hydrogen-bond acceptors (Lipinski definition) is 6. The van der Waals surface area contributed by atoms with Gasteiger partial charge in [0.1, 0.15) is 24.5 Å². The first kappa shape index (κ1) is 25.5. The predicted octanol–water partition coefficient (Wildman–Crippen LogP) is 4.22. The number of anilines is 1. The molecule has 34 heavy (non-hydrogen) atoms. The van der Waals surface area contributed by atoms with Gasteiger partial charge in [0, 0.05) is 11.8 Å². The fraction of sp³-hybridized carbons (Fsp3) is 0.462. The number of rotatable bonds is 9. The molecule has 8 heteroatoms. The second-order valence-corrected chi connectivity index (χ2v) is 8.48. The number of aliphatic hydroxyl groups is 1. The van der Waals surface area contributed by atoms with E-state index in [9.17, 15) is 9.90 Å². The van der Waals surface area contributed by atoms with Crippen LogP contribution in [-0.2, 0) is 16.1 Å². The van der Waals surface area contributed by atoms with Crippen LogP contribution in [0.5, 0.6) is 5.75 Å². The van der Waals surface area contributed by atoms with E-state index in [1.165, 1.54) is 6.42 Å². The zero-order valence-electron chi connectivity index (χ0n) is 19.5. The van der Waals surface area contributed by atoms with E-state index in [4.69, 9.17) is 25.4 Å². The highest BCUT2D eigenvalue weighted by Gasteiger charge is 2.21. The van der Waals surface area contributed by atoms with Crippen molar-refractivity contribution in [3.8, 4) is 5.75 Å². The lowest BCUT2D eigenvalue weighted by atomic mass is 10.0. The van der Waals surface area contributed by atoms with Gasteiger partial charge in [0.15, 0.2) is 5.96 Å². The molecule has 0 bridgehead atoms. The number of benzene rings is 2. The lowest BCUT2D eigenvalue weighted by Crippen LogP contribution is -2.30. The van der Waals surface area contributed by atoms with E-state index in [2.05, 4.69) is 5.32 Å². The number of hydrogen-bond donors (Lipinski definition) is 4. The molecule has 0 aliphatic heterocycles. The van der Waals surface area contributed by atoms with Gasteiger partial charge >= 0.3 is 5.97 Å². The summed E-state index contributed by atoms with van der Waals surface area (Å²) in [5.41, 5.74) is 7.11. The Kier molecular flexibility index (Phi) is 10.2. The lowest BCUT2D eigenvalue weighted by molar-refractivity contribution is -0.0521. The summed E-state index contributed by atoms with van der Waals surface area (Å²) < 4.78 is 17.3. The van der Waals surface area contributed by atoms with E-state index < -0.39 is 12.1 Å². The van der Waals surface area contributed by atoms with Gasteiger partial charge in [0.2, 0.25) is 0 Å². The first-order valence-electron chi connectivity index (χ1n) is 11.9. The minimum Gasteiger partial charge on any atom is -0.490 e. The maximum absolute atomic E-state index is 12.7. The van der Waals surface area contributed by atoms with Crippen LogP contribution in [0.3, 0.4) is 0 Å². The summed E-state index contributed by atoms with van der Waals surface area (Å²) in [5.74, 6) is -0.424. The van der Waals surface area contributed by atoms with Gasteiger partial charge in [-0.3, -0.25) is 5.41 Å². The van der Waals surface area contributed by atoms with Gasteiger partial charge in [-0.25, -0.2) is 4.79 Å². The molecule has 0 saturated heterocycles. The molecule has 184 valence electrons. The second-order valence-electron chi connectivity index (χ2n) is 8.48. The molecule has 0 spiro atoms. The fourth-order valence-electron chi connectivity index (χ4n) is 4.00. The first-order valence-corrected chi connectivity index (χ1v) is 11.9. The second kappa shape index (κ2) is 13.6. The van der Waals surface area contributed by atoms with E-state index in [0.717, 1.165) is 44.1 Å². The summed E-state index contributed by atoms with van der Waals surface area (Å²) in [4.78, 5) is 12.7. The average Bonchev–Trinajstić information content (AvgIpc) is 2.93. The van der Waals surface area contributed by atoms with E-state index in [-0.39, 0.29) is 37.4 Å². The maximum atomic E-state index is 12.7. The zero-order chi connectivity index (χ0) is 24.2. The smallest absolute Gasteiger partial charge is 0.342 e. The molecule has 2 aromatic carbocycles. The van der Waals surface area contributed by atoms with Gasteiger partial charge < -0.3 is 30.4 Å². The molecule has 3 rings (SSSR count). The zero-order valence-corrected chi connectivity index (χ0v) is 19.5. The quantitative estimate of drug-likeness (QED) is 0.187. The first-order chi connectivity index (χ1) is 16.5. The van der Waals surface area contributed by atoms with Crippen LogP contribution < -0.4 is 15.8 Å². The Morgan fingerprint density at radius 2 is 1.76 bits per heavy atom. The van der Waals surface area contributed by atoms with Crippen molar-refractivity contribution in [1.29, 1.82) is 5.41 Å². The molecular weight excluding hydrogens is 434 g/mol. The SMILES string of the molecule is N=C(N)Nc1ccc(C(=O)OCc2ccccc2)c(OCCOC2CCCCCCCC2O)c1. The van der Waals surface area contributed by atoms with E-state index in [1.54, 1.807) is 18.2 Å². The number of aliphatic hydroxyl groups excluding tert-OH is 1. The number of carbonyl (C=O) groups excluding carboxylic acids is 1. The largest absolute Gasteiger partial charge is 0.490 e. The molecule has 1 aliphatic carbocycles. The maximum Gasteiger partial charge on any atom is 0.342 e. The summed E-state index contributed by atoms with van der Waals surface area (Å²) in [6.07, 6.45) is 6.48. The molecule has 1 fully saturated rings. The van der Waals surface area contributed by atoms with Crippen molar-refractivity contribution in [3.05, 3.63) is 59.7 Å². The fourth-order valence-corrected chi connectivity index (χ4v) is 4.00. The summed E-state index contributed by atoms with van der Waals surface area (Å²) in [6, 6.07) is 14.3. The average molecular weight is 470 g/mol. The highest BCUT2D eigenvalue weighted by molar-refractivity contribution is 5.95. The van der Waals surface area contributed by atoms with Crippen LogP contribution in [0.4, 0.5) is 5.69 Å². The van der Waals surface area contributed by atoms with Gasteiger partial charge in [-0.2, -0.15) is 0 Å². The Labute approximate surface area is 200 Å². The van der Waals surface area contributed by atoms with Gasteiger partial charge in [-0.1, -0.05) is 62.4 Å². The Hall–Kier alpha value is -3.10. The topological polar surface area (TPSA) is 127 Å². The molecule has 2 unspecified atom stereocenters. The number of nitrogens with one attached hydrogen (secondary N) is 2. The standard InChI is InChI=1S/C26H35N3O5/c27-26(28)29-20-13-14-21(25(31)34-18-19-9-5-4-6-10-19)24(17-20)33-16-15-32-23-12-8-3-1-2-7-11-22(23)30/h4-6,9-10,13-14,17,22-23,30H,1-3,7-8,11-12,15-16,18H2,(H4,27,28,29). The summed E-state index contributed by atoms with van der Waals surface area (Å²) in [5, 5.41) is 20.6. The molecule has 1 saturated carbocycles. The van der Waals surface area contributed by atoms with Gasteiger partial charge in [-0.05, 0) is 30.5 Å². The Bertz CT molecular complexity index is 922. The molecule has 0 radical (unpaired) electrons. The van der Waals surface area contributed by atoms with Crippen LogP contribution in [0.1, 0.15) is 60.9 Å². The normalized spacial score (nSPS) is 18.7. The predicted molar refractivity (Wildman–Crippen MR) is 131 cm³/mol. The molecule has 0 amide bonds. The Morgan fingerprint density at radius 1 is 1.03 bits per heavy atom. The summed E-state index contributed by atoms with van der Waals surface area (Å²) in [6.45, 7) is 0.631. The van der Waals surface area contributed by atoms with Crippen molar-refractivity contribution < 1.29 is 24.1 Å². The van der Waals surface area contributed by atoms with Crippen LogP contribution in [0.2, 0.25) is 0 Å². The van der Waals surface area contributed by atoms with Crippen LogP contribution in [0, 0.1) is 5.41 Å². The van der Waals surface area contributed by atoms with Crippen LogP contribution in [0.15, 0.2) is 48.5 Å². The minimum absolute atomic E-state index is 0.148. The minimum atomic E-state index is -0.513. The lowest BCUT2D eigenvalue weighted by Gasteiger charge is -2.23. The van der Waals surface area contributed by atoms with Crippen LogP contribution in [-0.4, -0.2) is 42.5 Å². The van der Waals surface area contributed by atoms with E-state index in [0.29, 0.717) is 11.4 Å². The molecule has 0 aromatic heterocycles. The number of nitrogens with two attached hydrogens (primary N) is 1. The van der Waals surface area contributed by atoms with Crippen molar-refractivity contribution in [1.82, 2.24) is 0 Å². The van der Waals surface area contributed by atoms with Crippen molar-refractivity contribution >= 4 is 17.6 Å². The summed E-state index contributed by atoms with van der Waals surface area (Å²) >= 11 is 0. The van der Waals surface area contributed by atoms with Crippen molar-refractivity contribution in [2.45, 2.75) is 63.8 Å². The van der Waals surface area contributed by atoms with Gasteiger partial charge in [0.25, 0.3) is 0 Å². The third kappa shape index (κ3) is 8.35. The van der Waals surface area contributed by atoms with Crippen molar-refractivity contribution in [3.63, 3.8) is 0 Å². The monoisotopic (exact) mass is 469 g/mol. The molecule has 5 N–H and O–H groups in total.